The summed E-state index contributed by atoms with van der Waals surface area (Å²) in [7, 11) is 1.56. The maximum Gasteiger partial charge on any atom is 0.338 e. The van der Waals surface area contributed by atoms with Crippen molar-refractivity contribution in [1.82, 2.24) is 14.9 Å². The number of methoxy groups -OCH3 is 1. The summed E-state index contributed by atoms with van der Waals surface area (Å²) in [5.41, 5.74) is 2.36. The van der Waals surface area contributed by atoms with Crippen LogP contribution in [0.1, 0.15) is 44.5 Å². The monoisotopic (exact) mass is 579 g/mol. The third-order valence-electron chi connectivity index (χ3n) is 6.32. The Hall–Kier alpha value is -4.13. The number of carbonyl (C=O) groups excluding carboxylic acids is 2. The Morgan fingerprint density at radius 1 is 1.17 bits per heavy atom. The van der Waals surface area contributed by atoms with Crippen LogP contribution in [0.4, 0.5) is 0 Å². The zero-order valence-corrected chi connectivity index (χ0v) is 23.5. The van der Waals surface area contributed by atoms with Gasteiger partial charge in [0.15, 0.2) is 11.9 Å². The van der Waals surface area contributed by atoms with E-state index < -0.39 is 5.97 Å². The minimum absolute atomic E-state index is 0.0933. The molecule has 0 bridgehead atoms. The number of aromatic nitrogens is 2. The lowest BCUT2D eigenvalue weighted by atomic mass is 10.0. The van der Waals surface area contributed by atoms with Crippen molar-refractivity contribution in [3.63, 3.8) is 0 Å². The first-order valence-electron chi connectivity index (χ1n) is 13.0. The largest absolute Gasteiger partial charge is 0.467 e. The minimum Gasteiger partial charge on any atom is -0.467 e. The van der Waals surface area contributed by atoms with E-state index >= 15 is 0 Å². The first kappa shape index (κ1) is 28.4. The summed E-state index contributed by atoms with van der Waals surface area (Å²) >= 11 is 1.31. The second kappa shape index (κ2) is 13.0. The maximum absolute atomic E-state index is 13.7. The maximum atomic E-state index is 13.7. The highest BCUT2D eigenvalue weighted by atomic mass is 32.2. The van der Waals surface area contributed by atoms with Gasteiger partial charge in [-0.2, -0.15) is 0 Å². The Bertz CT molecular complexity index is 1620. The number of hydrogen-bond acceptors (Lipinski definition) is 10. The highest BCUT2D eigenvalue weighted by molar-refractivity contribution is 7.98. The summed E-state index contributed by atoms with van der Waals surface area (Å²) in [6.07, 6.45) is 1.54. The van der Waals surface area contributed by atoms with Crippen LogP contribution < -0.4 is 15.6 Å². The SMILES string of the molecule is CCOC(=O)c1cc2c(c(CSc3nc4cc(C(=O)NCCOC)ccc4c(=O)n3Cc3ccco3)c1)OCOC2. The topological polar surface area (TPSA) is 131 Å². The molecule has 0 aliphatic carbocycles. The Morgan fingerprint density at radius 2 is 2.05 bits per heavy atom. The number of nitrogens with one attached hydrogen (secondary N) is 1. The summed E-state index contributed by atoms with van der Waals surface area (Å²) in [5, 5.41) is 3.57. The van der Waals surface area contributed by atoms with Gasteiger partial charge in [0.25, 0.3) is 11.5 Å². The summed E-state index contributed by atoms with van der Waals surface area (Å²) in [6.45, 7) is 3.30. The van der Waals surface area contributed by atoms with Crippen molar-refractivity contribution in [2.75, 3.05) is 33.7 Å². The normalized spacial score (nSPS) is 12.5. The summed E-state index contributed by atoms with van der Waals surface area (Å²) < 4.78 is 28.5. The number of esters is 1. The van der Waals surface area contributed by atoms with Crippen LogP contribution in [-0.2, 0) is 33.1 Å². The van der Waals surface area contributed by atoms with E-state index in [1.165, 1.54) is 16.3 Å². The number of benzene rings is 2. The van der Waals surface area contributed by atoms with E-state index in [1.54, 1.807) is 62.8 Å². The van der Waals surface area contributed by atoms with Gasteiger partial charge in [0.05, 0.1) is 49.1 Å². The number of rotatable bonds is 11. The van der Waals surface area contributed by atoms with E-state index in [9.17, 15) is 14.4 Å². The van der Waals surface area contributed by atoms with Crippen molar-refractivity contribution < 1.29 is 33.0 Å². The molecule has 1 aliphatic rings. The zero-order chi connectivity index (χ0) is 28.8. The molecule has 2 aromatic carbocycles. The second-order valence-electron chi connectivity index (χ2n) is 9.09. The lowest BCUT2D eigenvalue weighted by molar-refractivity contribution is -0.0169. The average molecular weight is 580 g/mol. The molecule has 214 valence electrons. The van der Waals surface area contributed by atoms with Gasteiger partial charge in [0, 0.05) is 36.1 Å². The number of carbonyl (C=O) groups is 2. The Morgan fingerprint density at radius 3 is 2.83 bits per heavy atom. The van der Waals surface area contributed by atoms with Crippen LogP contribution in [0.25, 0.3) is 10.9 Å². The predicted molar refractivity (Wildman–Crippen MR) is 150 cm³/mol. The molecule has 1 amide bonds. The Kier molecular flexibility index (Phi) is 9.02. The summed E-state index contributed by atoms with van der Waals surface area (Å²) in [4.78, 5) is 43.6. The number of ether oxygens (including phenoxy) is 4. The van der Waals surface area contributed by atoms with Crippen LogP contribution in [0, 0.1) is 0 Å². The molecule has 1 N–H and O–H groups in total. The molecular formula is C29H29N3O8S. The quantitative estimate of drug-likeness (QED) is 0.121. The summed E-state index contributed by atoms with van der Waals surface area (Å²) in [5.74, 6) is 0.825. The molecule has 2 aromatic heterocycles. The van der Waals surface area contributed by atoms with E-state index in [-0.39, 0.29) is 31.4 Å². The van der Waals surface area contributed by atoms with Gasteiger partial charge in [-0.3, -0.25) is 14.2 Å². The van der Waals surface area contributed by atoms with Gasteiger partial charge in [0.2, 0.25) is 0 Å². The molecule has 0 fully saturated rings. The molecule has 3 heterocycles. The predicted octanol–water partition coefficient (Wildman–Crippen LogP) is 3.75. The highest BCUT2D eigenvalue weighted by Crippen LogP contribution is 2.34. The number of furan rings is 1. The van der Waals surface area contributed by atoms with Gasteiger partial charge in [-0.1, -0.05) is 11.8 Å². The third kappa shape index (κ3) is 6.45. The molecule has 4 aromatic rings. The molecule has 41 heavy (non-hydrogen) atoms. The smallest absolute Gasteiger partial charge is 0.338 e. The van der Waals surface area contributed by atoms with Gasteiger partial charge in [-0.25, -0.2) is 9.78 Å². The van der Waals surface area contributed by atoms with Gasteiger partial charge >= 0.3 is 5.97 Å². The molecule has 11 nitrogen and oxygen atoms in total. The lowest BCUT2D eigenvalue weighted by Crippen LogP contribution is -2.27. The first-order valence-corrected chi connectivity index (χ1v) is 14.0. The Labute approximate surface area is 239 Å². The van der Waals surface area contributed by atoms with Crippen LogP contribution >= 0.6 is 11.8 Å². The number of fused-ring (bicyclic) bond motifs is 2. The first-order chi connectivity index (χ1) is 20.0. The van der Waals surface area contributed by atoms with Crippen LogP contribution in [0.5, 0.6) is 5.75 Å². The standard InChI is InChI=1S/C29H29N3O8S/c1-3-38-28(35)19-11-20-15-37-17-40-25(20)21(12-19)16-41-29-31-24-13-18(26(33)30-8-10-36-2)6-7-23(24)27(34)32(29)14-22-5-4-9-39-22/h4-7,9,11-13H,3,8,10,14-17H2,1-2H3,(H,30,33). The minimum atomic E-state index is -0.443. The second-order valence-corrected chi connectivity index (χ2v) is 10.0. The van der Waals surface area contributed by atoms with Crippen LogP contribution in [0.2, 0.25) is 0 Å². The van der Waals surface area contributed by atoms with Crippen molar-refractivity contribution >= 4 is 34.5 Å². The van der Waals surface area contributed by atoms with Gasteiger partial charge in [-0.15, -0.1) is 0 Å². The van der Waals surface area contributed by atoms with E-state index in [0.717, 1.165) is 11.1 Å². The molecule has 5 rings (SSSR count). The molecule has 0 saturated carbocycles. The molecule has 0 unspecified atom stereocenters. The lowest BCUT2D eigenvalue weighted by Gasteiger charge is -2.22. The molecule has 0 atom stereocenters. The zero-order valence-electron chi connectivity index (χ0n) is 22.6. The molecule has 1 aliphatic heterocycles. The van der Waals surface area contributed by atoms with E-state index in [4.69, 9.17) is 28.3 Å². The molecule has 0 radical (unpaired) electrons. The van der Waals surface area contributed by atoms with E-state index in [1.807, 2.05) is 0 Å². The van der Waals surface area contributed by atoms with Crippen molar-refractivity contribution in [2.45, 2.75) is 31.0 Å². The van der Waals surface area contributed by atoms with Crippen molar-refractivity contribution in [1.29, 1.82) is 0 Å². The van der Waals surface area contributed by atoms with E-state index in [0.29, 0.717) is 64.2 Å². The van der Waals surface area contributed by atoms with Crippen molar-refractivity contribution in [2.24, 2.45) is 0 Å². The molecule has 12 heteroatoms. The van der Waals surface area contributed by atoms with E-state index in [2.05, 4.69) is 5.32 Å². The molecule has 0 saturated heterocycles. The molecular weight excluding hydrogens is 550 g/mol. The fourth-order valence-corrected chi connectivity index (χ4v) is 5.36. The summed E-state index contributed by atoms with van der Waals surface area (Å²) in [6, 6.07) is 11.8. The Balaban J connectivity index is 1.52. The highest BCUT2D eigenvalue weighted by Gasteiger charge is 2.22. The number of nitrogens with zero attached hydrogens (tertiary/aromatic N) is 2. The van der Waals surface area contributed by atoms with Gasteiger partial charge in [0.1, 0.15) is 11.5 Å². The van der Waals surface area contributed by atoms with Crippen LogP contribution in [-0.4, -0.2) is 55.1 Å². The third-order valence-corrected chi connectivity index (χ3v) is 7.35. The van der Waals surface area contributed by atoms with Crippen molar-refractivity contribution in [3.8, 4) is 5.75 Å². The number of hydrogen-bond donors (Lipinski definition) is 1. The van der Waals surface area contributed by atoms with Gasteiger partial charge in [-0.05, 0) is 49.4 Å². The van der Waals surface area contributed by atoms with Crippen LogP contribution in [0.3, 0.4) is 0 Å². The number of amides is 1. The average Bonchev–Trinajstić information content (AvgIpc) is 3.50. The fraction of sp³-hybridized carbons (Fsp3) is 0.310. The number of thioether (sulfide) groups is 1. The molecule has 0 spiro atoms. The van der Waals surface area contributed by atoms with Crippen LogP contribution in [0.15, 0.2) is 63.1 Å². The van der Waals surface area contributed by atoms with Gasteiger partial charge < -0.3 is 28.7 Å². The van der Waals surface area contributed by atoms with Crippen molar-refractivity contribution in [3.05, 3.63) is 87.1 Å². The fourth-order valence-electron chi connectivity index (χ4n) is 4.40.